The van der Waals surface area contributed by atoms with Gasteiger partial charge in [-0.15, -0.1) is 0 Å². The maximum Gasteiger partial charge on any atom is 0.335 e. The monoisotopic (exact) mass is 290 g/mol. The molecule has 2 aromatic rings. The number of anilines is 1. The quantitative estimate of drug-likeness (QED) is 0.901. The van der Waals surface area contributed by atoms with Crippen molar-refractivity contribution in [3.05, 3.63) is 41.7 Å². The highest BCUT2D eigenvalue weighted by molar-refractivity contribution is 5.94. The van der Waals surface area contributed by atoms with E-state index in [0.717, 1.165) is 0 Å². The van der Waals surface area contributed by atoms with E-state index < -0.39 is 5.97 Å². The maximum atomic E-state index is 12.0. The molecule has 21 heavy (non-hydrogen) atoms. The van der Waals surface area contributed by atoms with Crippen molar-refractivity contribution in [2.75, 3.05) is 18.6 Å². The number of aromatic carboxylic acids is 1. The van der Waals surface area contributed by atoms with E-state index in [4.69, 9.17) is 14.4 Å². The molecule has 0 saturated carbocycles. The lowest BCUT2D eigenvalue weighted by atomic mass is 10.2. The van der Waals surface area contributed by atoms with Crippen LogP contribution in [0.1, 0.15) is 16.1 Å². The number of carboxylic acids is 1. The van der Waals surface area contributed by atoms with Crippen molar-refractivity contribution < 1.29 is 24.0 Å². The van der Waals surface area contributed by atoms with Crippen LogP contribution in [0.5, 0.6) is 5.88 Å². The Morgan fingerprint density at radius 1 is 1.33 bits per heavy atom. The predicted molar refractivity (Wildman–Crippen MR) is 73.5 cm³/mol. The van der Waals surface area contributed by atoms with Crippen LogP contribution in [-0.2, 0) is 4.79 Å². The molecule has 0 spiro atoms. The molecule has 0 aliphatic heterocycles. The van der Waals surface area contributed by atoms with Crippen molar-refractivity contribution in [2.45, 2.75) is 6.92 Å². The lowest BCUT2D eigenvalue weighted by molar-refractivity contribution is -0.120. The van der Waals surface area contributed by atoms with Gasteiger partial charge in [0.1, 0.15) is 5.76 Å². The number of carboxylic acid groups (broad SMARTS) is 1. The van der Waals surface area contributed by atoms with Gasteiger partial charge in [0.2, 0.25) is 0 Å². The van der Waals surface area contributed by atoms with Crippen LogP contribution in [0.3, 0.4) is 0 Å². The maximum absolute atomic E-state index is 12.0. The summed E-state index contributed by atoms with van der Waals surface area (Å²) in [5, 5.41) is 12.4. The van der Waals surface area contributed by atoms with Crippen molar-refractivity contribution in [2.24, 2.45) is 0 Å². The molecule has 7 heteroatoms. The van der Waals surface area contributed by atoms with Gasteiger partial charge in [-0.3, -0.25) is 4.79 Å². The number of nitrogens with zero attached hydrogens (tertiary/aromatic N) is 2. The van der Waals surface area contributed by atoms with Gasteiger partial charge in [-0.2, -0.15) is 0 Å². The van der Waals surface area contributed by atoms with Crippen molar-refractivity contribution >= 4 is 17.6 Å². The third kappa shape index (κ3) is 3.59. The number of hydrogen-bond donors (Lipinski definition) is 1. The van der Waals surface area contributed by atoms with Gasteiger partial charge in [0.25, 0.3) is 11.8 Å². The fourth-order valence-electron chi connectivity index (χ4n) is 1.62. The Balaban J connectivity index is 1.96. The minimum atomic E-state index is -1.01. The highest BCUT2D eigenvalue weighted by Gasteiger charge is 2.13. The molecule has 0 unspecified atom stereocenters. The summed E-state index contributed by atoms with van der Waals surface area (Å²) in [6.07, 6.45) is 0. The molecule has 1 aromatic heterocycles. The second-order valence-corrected chi connectivity index (χ2v) is 4.37. The van der Waals surface area contributed by atoms with Crippen LogP contribution in [0.2, 0.25) is 0 Å². The van der Waals surface area contributed by atoms with Gasteiger partial charge in [-0.05, 0) is 36.3 Å². The number of amides is 1. The van der Waals surface area contributed by atoms with E-state index in [-0.39, 0.29) is 24.0 Å². The molecule has 0 aliphatic carbocycles. The number of aryl methyl sites for hydroxylation is 1. The van der Waals surface area contributed by atoms with Crippen LogP contribution >= 0.6 is 0 Å². The molecule has 1 amide bonds. The standard InChI is InChI=1S/C14H14N2O5/c1-9-7-12(15-21-9)20-8-13(17)16(2)11-5-3-10(4-6-11)14(18)19/h3-7H,8H2,1-2H3,(H,18,19). The predicted octanol–water partition coefficient (Wildman–Crippen LogP) is 1.72. The zero-order valence-corrected chi connectivity index (χ0v) is 11.6. The Bertz CT molecular complexity index is 648. The molecule has 0 saturated heterocycles. The molecular formula is C14H14N2O5. The largest absolute Gasteiger partial charge is 0.478 e. The Hall–Kier alpha value is -2.83. The number of hydrogen-bond acceptors (Lipinski definition) is 5. The molecule has 0 atom stereocenters. The molecular weight excluding hydrogens is 276 g/mol. The zero-order valence-electron chi connectivity index (χ0n) is 11.6. The Kier molecular flexibility index (Phi) is 4.22. The number of aromatic nitrogens is 1. The van der Waals surface area contributed by atoms with Crippen LogP contribution in [-0.4, -0.2) is 35.8 Å². The number of carbonyl (C=O) groups is 2. The molecule has 0 radical (unpaired) electrons. The first kappa shape index (κ1) is 14.6. The minimum Gasteiger partial charge on any atom is -0.478 e. The van der Waals surface area contributed by atoms with Gasteiger partial charge < -0.3 is 19.3 Å². The lowest BCUT2D eigenvalue weighted by Crippen LogP contribution is -2.31. The fourth-order valence-corrected chi connectivity index (χ4v) is 1.62. The molecule has 0 fully saturated rings. The SMILES string of the molecule is Cc1cc(OCC(=O)N(C)c2ccc(C(=O)O)cc2)no1. The summed E-state index contributed by atoms with van der Waals surface area (Å²) < 4.78 is 10.0. The van der Waals surface area contributed by atoms with Crippen LogP contribution in [0.4, 0.5) is 5.69 Å². The van der Waals surface area contributed by atoms with Crippen molar-refractivity contribution in [1.29, 1.82) is 0 Å². The lowest BCUT2D eigenvalue weighted by Gasteiger charge is -2.17. The van der Waals surface area contributed by atoms with E-state index in [1.807, 2.05) is 0 Å². The fraction of sp³-hybridized carbons (Fsp3) is 0.214. The van der Waals surface area contributed by atoms with Crippen molar-refractivity contribution in [1.82, 2.24) is 5.16 Å². The van der Waals surface area contributed by atoms with Gasteiger partial charge in [0, 0.05) is 18.8 Å². The summed E-state index contributed by atoms with van der Waals surface area (Å²) in [6, 6.07) is 7.56. The van der Waals surface area contributed by atoms with Crippen molar-refractivity contribution in [3.8, 4) is 5.88 Å². The second-order valence-electron chi connectivity index (χ2n) is 4.37. The minimum absolute atomic E-state index is 0.161. The number of rotatable bonds is 5. The summed E-state index contributed by atoms with van der Waals surface area (Å²) in [6.45, 7) is 1.53. The summed E-state index contributed by atoms with van der Waals surface area (Å²) in [7, 11) is 1.58. The van der Waals surface area contributed by atoms with Gasteiger partial charge >= 0.3 is 5.97 Å². The molecule has 0 aliphatic rings. The second kappa shape index (κ2) is 6.08. The van der Waals surface area contributed by atoms with Gasteiger partial charge in [0.05, 0.1) is 5.56 Å². The Labute approximate surface area is 120 Å². The average molecular weight is 290 g/mol. The third-order valence-corrected chi connectivity index (χ3v) is 2.83. The van der Waals surface area contributed by atoms with Gasteiger partial charge in [0.15, 0.2) is 6.61 Å². The van der Waals surface area contributed by atoms with E-state index in [9.17, 15) is 9.59 Å². The summed E-state index contributed by atoms with van der Waals surface area (Å²) in [5.41, 5.74) is 0.735. The first-order valence-corrected chi connectivity index (χ1v) is 6.13. The Morgan fingerprint density at radius 3 is 2.52 bits per heavy atom. The molecule has 7 nitrogen and oxygen atoms in total. The third-order valence-electron chi connectivity index (χ3n) is 2.83. The van der Waals surface area contributed by atoms with Crippen LogP contribution in [0, 0.1) is 6.92 Å². The Morgan fingerprint density at radius 2 is 2.00 bits per heavy atom. The molecule has 110 valence electrons. The van der Waals surface area contributed by atoms with Crippen LogP contribution < -0.4 is 9.64 Å². The smallest absolute Gasteiger partial charge is 0.335 e. The molecule has 0 bridgehead atoms. The molecule has 2 rings (SSSR count). The number of carbonyl (C=O) groups excluding carboxylic acids is 1. The number of ether oxygens (including phenoxy) is 1. The highest BCUT2D eigenvalue weighted by atomic mass is 16.5. The van der Waals surface area contributed by atoms with E-state index in [1.54, 1.807) is 32.2 Å². The van der Waals surface area contributed by atoms with E-state index in [1.165, 1.54) is 17.0 Å². The molecule has 1 N–H and O–H groups in total. The molecule has 1 heterocycles. The van der Waals surface area contributed by atoms with E-state index in [2.05, 4.69) is 5.16 Å². The first-order chi connectivity index (χ1) is 9.97. The van der Waals surface area contributed by atoms with E-state index >= 15 is 0 Å². The van der Waals surface area contributed by atoms with Crippen molar-refractivity contribution in [3.63, 3.8) is 0 Å². The summed E-state index contributed by atoms with van der Waals surface area (Å²) >= 11 is 0. The van der Waals surface area contributed by atoms with E-state index in [0.29, 0.717) is 11.4 Å². The average Bonchev–Trinajstić information content (AvgIpc) is 2.89. The number of benzene rings is 1. The van der Waals surface area contributed by atoms with Gasteiger partial charge in [-0.1, -0.05) is 0 Å². The normalized spacial score (nSPS) is 10.2. The first-order valence-electron chi connectivity index (χ1n) is 6.13. The topological polar surface area (TPSA) is 92.9 Å². The summed E-state index contributed by atoms with van der Waals surface area (Å²) in [4.78, 5) is 24.1. The molecule has 1 aromatic carbocycles. The highest BCUT2D eigenvalue weighted by Crippen LogP contribution is 2.15. The van der Waals surface area contributed by atoms with Crippen LogP contribution in [0.25, 0.3) is 0 Å². The zero-order chi connectivity index (χ0) is 15.4. The van der Waals surface area contributed by atoms with Gasteiger partial charge in [-0.25, -0.2) is 4.79 Å². The number of likely N-dealkylation sites (N-methyl/N-ethyl adjacent to an activating group) is 1. The van der Waals surface area contributed by atoms with Crippen LogP contribution in [0.15, 0.2) is 34.9 Å². The summed E-state index contributed by atoms with van der Waals surface area (Å²) in [5.74, 6) is -0.468.